The van der Waals surface area contributed by atoms with E-state index in [1.165, 1.54) is 4.90 Å². The van der Waals surface area contributed by atoms with E-state index in [0.717, 1.165) is 5.56 Å². The van der Waals surface area contributed by atoms with E-state index in [4.69, 9.17) is 9.47 Å². The zero-order chi connectivity index (χ0) is 31.8. The maximum absolute atomic E-state index is 13.5. The summed E-state index contributed by atoms with van der Waals surface area (Å²) in [5, 5.41) is 14.9. The molecule has 1 fully saturated rings. The number of imidazole rings is 1. The van der Waals surface area contributed by atoms with Crippen LogP contribution in [0.3, 0.4) is 0 Å². The Morgan fingerprint density at radius 2 is 1.76 bits per heavy atom. The van der Waals surface area contributed by atoms with Crippen molar-refractivity contribution in [2.24, 2.45) is 5.92 Å². The second-order valence-corrected chi connectivity index (χ2v) is 12.5. The van der Waals surface area contributed by atoms with Gasteiger partial charge >= 0.3 is 12.2 Å². The fourth-order valence-corrected chi connectivity index (χ4v) is 5.90. The Hall–Kier alpha value is -4.90. The van der Waals surface area contributed by atoms with Gasteiger partial charge in [-0.25, -0.2) is 14.6 Å². The Bertz CT molecular complexity index is 1720. The summed E-state index contributed by atoms with van der Waals surface area (Å²) < 4.78 is 10.9. The second kappa shape index (κ2) is 11.9. The molecule has 6 rings (SSSR count). The SMILES string of the molecule is CC(C)(C)OC(=O)N1CCC(COC(=O)Nc2nc3ccc(C4(O)c5ccccc5C(=O)N4Cc4ccccc4)cc3[nH]2)CC1. The van der Waals surface area contributed by atoms with E-state index in [1.54, 1.807) is 47.4 Å². The van der Waals surface area contributed by atoms with Crippen LogP contribution in [0.25, 0.3) is 11.0 Å². The molecule has 2 aliphatic heterocycles. The summed E-state index contributed by atoms with van der Waals surface area (Å²) >= 11 is 0. The van der Waals surface area contributed by atoms with Gasteiger partial charge in [0, 0.05) is 36.3 Å². The van der Waals surface area contributed by atoms with Crippen molar-refractivity contribution in [1.82, 2.24) is 19.8 Å². The van der Waals surface area contributed by atoms with Crippen LogP contribution in [0.2, 0.25) is 0 Å². The fraction of sp³-hybridized carbons (Fsp3) is 0.353. The quantitative estimate of drug-likeness (QED) is 0.258. The smallest absolute Gasteiger partial charge is 0.413 e. The Morgan fingerprint density at radius 1 is 1.04 bits per heavy atom. The van der Waals surface area contributed by atoms with Crippen molar-refractivity contribution in [3.63, 3.8) is 0 Å². The second-order valence-electron chi connectivity index (χ2n) is 12.5. The number of hydrogen-bond donors (Lipinski definition) is 3. The van der Waals surface area contributed by atoms with Crippen molar-refractivity contribution in [3.8, 4) is 0 Å². The molecule has 11 nitrogen and oxygen atoms in total. The van der Waals surface area contributed by atoms with Crippen LogP contribution in [-0.4, -0.2) is 68.3 Å². The van der Waals surface area contributed by atoms with Gasteiger partial charge in [-0.1, -0.05) is 54.6 Å². The van der Waals surface area contributed by atoms with Crippen molar-refractivity contribution in [2.75, 3.05) is 25.0 Å². The molecular formula is C34H37N5O6. The number of hydrogen-bond acceptors (Lipinski definition) is 7. The molecule has 234 valence electrons. The molecule has 0 aliphatic carbocycles. The number of fused-ring (bicyclic) bond motifs is 2. The van der Waals surface area contributed by atoms with E-state index < -0.39 is 17.4 Å². The highest BCUT2D eigenvalue weighted by atomic mass is 16.6. The van der Waals surface area contributed by atoms with Crippen molar-refractivity contribution < 1.29 is 29.0 Å². The number of carbonyl (C=O) groups excluding carboxylic acids is 3. The third kappa shape index (κ3) is 6.21. The largest absolute Gasteiger partial charge is 0.449 e. The minimum absolute atomic E-state index is 0.129. The lowest BCUT2D eigenvalue weighted by Gasteiger charge is -2.35. The van der Waals surface area contributed by atoms with Crippen molar-refractivity contribution >= 4 is 35.1 Å². The highest BCUT2D eigenvalue weighted by Gasteiger charge is 2.49. The van der Waals surface area contributed by atoms with E-state index in [1.807, 2.05) is 51.1 Å². The molecular weight excluding hydrogens is 574 g/mol. The van der Waals surface area contributed by atoms with Gasteiger partial charge in [-0.2, -0.15) is 0 Å². The molecule has 11 heteroatoms. The molecule has 3 aromatic carbocycles. The van der Waals surface area contributed by atoms with Crippen molar-refractivity contribution in [2.45, 2.75) is 51.5 Å². The van der Waals surface area contributed by atoms with Crippen LogP contribution in [0.15, 0.2) is 72.8 Å². The van der Waals surface area contributed by atoms with Crippen molar-refractivity contribution in [1.29, 1.82) is 0 Å². The topological polar surface area (TPSA) is 137 Å². The molecule has 0 radical (unpaired) electrons. The summed E-state index contributed by atoms with van der Waals surface area (Å²) in [5.74, 6) is 0.0643. The highest BCUT2D eigenvalue weighted by molar-refractivity contribution is 6.00. The molecule has 3 heterocycles. The van der Waals surface area contributed by atoms with Crippen LogP contribution in [0, 0.1) is 5.92 Å². The van der Waals surface area contributed by atoms with Crippen molar-refractivity contribution in [3.05, 3.63) is 95.1 Å². The minimum atomic E-state index is -1.71. The lowest BCUT2D eigenvalue weighted by atomic mass is 9.93. The number of carbonyl (C=O) groups is 3. The molecule has 3 amide bonds. The molecule has 3 N–H and O–H groups in total. The number of nitrogens with one attached hydrogen (secondary N) is 2. The number of aromatic amines is 1. The third-order valence-corrected chi connectivity index (χ3v) is 8.17. The molecule has 1 atom stereocenters. The number of H-pyrrole nitrogens is 1. The van der Waals surface area contributed by atoms with E-state index in [-0.39, 0.29) is 37.0 Å². The number of ether oxygens (including phenoxy) is 2. The number of anilines is 1. The first-order valence-electron chi connectivity index (χ1n) is 15.1. The third-order valence-electron chi connectivity index (χ3n) is 8.17. The van der Waals surface area contributed by atoms with Gasteiger partial charge in [-0.05, 0) is 63.3 Å². The number of aromatic nitrogens is 2. The van der Waals surface area contributed by atoms with Gasteiger partial charge in [0.25, 0.3) is 5.91 Å². The number of likely N-dealkylation sites (tertiary alicyclic amines) is 1. The van der Waals surface area contributed by atoms with E-state index in [9.17, 15) is 19.5 Å². The number of benzene rings is 3. The molecule has 1 aromatic heterocycles. The van der Waals surface area contributed by atoms with Crippen LogP contribution in [0.1, 0.15) is 60.7 Å². The number of rotatable bonds is 6. The minimum Gasteiger partial charge on any atom is -0.449 e. The average molecular weight is 612 g/mol. The summed E-state index contributed by atoms with van der Waals surface area (Å²) in [6.07, 6.45) is 0.435. The Morgan fingerprint density at radius 3 is 2.49 bits per heavy atom. The van der Waals surface area contributed by atoms with Crippen LogP contribution in [-0.2, 0) is 21.7 Å². The van der Waals surface area contributed by atoms with Gasteiger partial charge in [0.1, 0.15) is 5.60 Å². The predicted molar refractivity (Wildman–Crippen MR) is 167 cm³/mol. The summed E-state index contributed by atoms with van der Waals surface area (Å²) in [4.78, 5) is 49.1. The average Bonchev–Trinajstić information content (AvgIpc) is 3.52. The summed E-state index contributed by atoms with van der Waals surface area (Å²) in [7, 11) is 0. The fourth-order valence-electron chi connectivity index (χ4n) is 5.90. The van der Waals surface area contributed by atoms with Gasteiger partial charge in [-0.3, -0.25) is 15.0 Å². The standard InChI is InChI=1S/C34H37N5O6/c1-33(2,3)45-32(42)38-17-15-23(16-18-38)21-44-31(41)37-30-35-27-14-13-24(19-28(27)36-30)34(43)26-12-8-7-11-25(26)29(40)39(34)20-22-9-5-4-6-10-22/h4-14,19,23,43H,15-18,20-21H2,1-3H3,(H2,35,36,37,41). The molecule has 2 aliphatic rings. The highest BCUT2D eigenvalue weighted by Crippen LogP contribution is 2.43. The summed E-state index contributed by atoms with van der Waals surface area (Å²) in [6, 6.07) is 21.8. The Labute approximate surface area is 261 Å². The molecule has 4 aromatic rings. The normalized spacial score (nSPS) is 18.6. The van der Waals surface area contributed by atoms with E-state index in [2.05, 4.69) is 15.3 Å². The molecule has 45 heavy (non-hydrogen) atoms. The van der Waals surface area contributed by atoms with E-state index in [0.29, 0.717) is 53.7 Å². The molecule has 1 unspecified atom stereocenters. The predicted octanol–water partition coefficient (Wildman–Crippen LogP) is 5.61. The summed E-state index contributed by atoms with van der Waals surface area (Å²) in [5.41, 5.74) is 1.20. The van der Waals surface area contributed by atoms with Crippen LogP contribution in [0.5, 0.6) is 0 Å². The molecule has 0 saturated carbocycles. The lowest BCUT2D eigenvalue weighted by molar-refractivity contribution is -0.0542. The Kier molecular flexibility index (Phi) is 7.96. The van der Waals surface area contributed by atoms with Crippen LogP contribution < -0.4 is 5.32 Å². The number of aliphatic hydroxyl groups is 1. The monoisotopic (exact) mass is 611 g/mol. The van der Waals surface area contributed by atoms with Gasteiger partial charge in [0.2, 0.25) is 5.95 Å². The maximum Gasteiger partial charge on any atom is 0.413 e. The number of amides is 3. The van der Waals surface area contributed by atoms with Gasteiger partial charge in [0.05, 0.1) is 17.6 Å². The zero-order valence-electron chi connectivity index (χ0n) is 25.6. The van der Waals surface area contributed by atoms with E-state index >= 15 is 0 Å². The van der Waals surface area contributed by atoms with Crippen LogP contribution in [0.4, 0.5) is 15.5 Å². The van der Waals surface area contributed by atoms with Crippen LogP contribution >= 0.6 is 0 Å². The van der Waals surface area contributed by atoms with Gasteiger partial charge in [-0.15, -0.1) is 0 Å². The molecule has 1 saturated heterocycles. The number of piperidine rings is 1. The maximum atomic E-state index is 13.5. The van der Waals surface area contributed by atoms with Gasteiger partial charge in [0.15, 0.2) is 5.72 Å². The number of nitrogens with zero attached hydrogens (tertiary/aromatic N) is 3. The lowest BCUT2D eigenvalue weighted by Crippen LogP contribution is -2.44. The van der Waals surface area contributed by atoms with Gasteiger partial charge < -0.3 is 24.5 Å². The first-order chi connectivity index (χ1) is 21.5. The first-order valence-corrected chi connectivity index (χ1v) is 15.1. The zero-order valence-corrected chi connectivity index (χ0v) is 25.6. The molecule has 0 bridgehead atoms. The first kappa shape index (κ1) is 30.1. The Balaban J connectivity index is 1.12. The molecule has 0 spiro atoms. The summed E-state index contributed by atoms with van der Waals surface area (Å²) in [6.45, 7) is 7.03.